The normalized spacial score (nSPS) is 23.6. The second-order valence-electron chi connectivity index (χ2n) is 16.5. The van der Waals surface area contributed by atoms with E-state index in [2.05, 4.69) is 10.4 Å². The molecule has 4 aliphatic rings. The molecule has 4 amide bonds. The highest BCUT2D eigenvalue weighted by atomic mass is 32.1. The standard InChI is InChI=1S/C41H45F5N8O5S/c1-39(2)36(57)53(28-8-7-25(21-47)32(20-28)41(44,45)46)38(60)54(39)27-9-11-30(12-10-27)59-18-15-26-13-16-51(23-40(26,42)43)22-29(55)19-24-5-4-6-31-34(24)50(3)49-35(31)52-17-14-33(56)48-37(52)58/h4-8,20,26-27,30H,9-19,22-23H2,1-3H3,(H,48,56,58). The first-order chi connectivity index (χ1) is 28.3. The van der Waals surface area contributed by atoms with E-state index in [-0.39, 0.29) is 80.0 Å². The monoisotopic (exact) mass is 856 g/mol. The molecule has 1 N–H and O–H groups in total. The highest BCUT2D eigenvalue weighted by Crippen LogP contribution is 2.41. The molecular weight excluding hydrogens is 812 g/mol. The van der Waals surface area contributed by atoms with Crippen molar-refractivity contribution in [1.82, 2.24) is 24.9 Å². The van der Waals surface area contributed by atoms with Crippen molar-refractivity contribution in [2.45, 2.75) is 95.0 Å². The molecule has 4 heterocycles. The molecule has 4 fully saturated rings. The number of Topliss-reactive ketones (excluding diaryl/α,β-unsaturated/α-hetero) is 1. The van der Waals surface area contributed by atoms with Gasteiger partial charge in [0, 0.05) is 50.4 Å². The van der Waals surface area contributed by atoms with Gasteiger partial charge in [-0.3, -0.25) is 39.1 Å². The van der Waals surface area contributed by atoms with Crippen LogP contribution in [0, 0.1) is 17.2 Å². The summed E-state index contributed by atoms with van der Waals surface area (Å²) in [6, 6.07) is 9.14. The zero-order valence-corrected chi connectivity index (χ0v) is 34.2. The number of nitriles is 1. The molecule has 60 heavy (non-hydrogen) atoms. The van der Waals surface area contributed by atoms with Crippen molar-refractivity contribution in [3.63, 3.8) is 0 Å². The number of nitrogens with one attached hydrogen (secondary N) is 1. The van der Waals surface area contributed by atoms with Gasteiger partial charge in [-0.05, 0) is 101 Å². The lowest BCUT2D eigenvalue weighted by atomic mass is 9.88. The average molecular weight is 857 g/mol. The van der Waals surface area contributed by atoms with E-state index < -0.39 is 53.2 Å². The number of carbonyl (C=O) groups excluding carboxylic acids is 4. The van der Waals surface area contributed by atoms with E-state index in [1.54, 1.807) is 54.7 Å². The molecule has 13 nitrogen and oxygen atoms in total. The molecule has 1 aliphatic carbocycles. The number of benzene rings is 2. The van der Waals surface area contributed by atoms with Crippen LogP contribution in [0.1, 0.15) is 75.5 Å². The van der Waals surface area contributed by atoms with Crippen molar-refractivity contribution in [3.8, 4) is 6.07 Å². The van der Waals surface area contributed by atoms with Crippen molar-refractivity contribution in [2.75, 3.05) is 42.6 Å². The Bertz CT molecular complexity index is 2270. The number of fused-ring (bicyclic) bond motifs is 1. The van der Waals surface area contributed by atoms with Gasteiger partial charge in [0.25, 0.3) is 11.8 Å². The number of ketones is 1. The number of ether oxygens (including phenoxy) is 1. The molecule has 0 radical (unpaired) electrons. The molecule has 0 bridgehead atoms. The first kappa shape index (κ1) is 43.0. The minimum Gasteiger partial charge on any atom is -0.378 e. The third-order valence-corrected chi connectivity index (χ3v) is 12.5. The molecule has 7 rings (SSSR count). The zero-order valence-electron chi connectivity index (χ0n) is 33.4. The SMILES string of the molecule is Cn1nc(N2CCC(=O)NC2=O)c2cccc(CC(=O)CN3CCC(CCOC4CCC(N5C(=S)N(c6ccc(C#N)c(C(F)(F)F)c6)C(=O)C5(C)C)CC4)C(F)(F)C3)c21. The molecular formula is C41H45F5N8O5S. The number of imide groups is 1. The fourth-order valence-electron chi connectivity index (χ4n) is 9.07. The van der Waals surface area contributed by atoms with Gasteiger partial charge in [-0.2, -0.15) is 23.5 Å². The number of hydrogen-bond acceptors (Lipinski definition) is 9. The molecule has 3 aromatic rings. The van der Waals surface area contributed by atoms with Crippen LogP contribution in [0.2, 0.25) is 0 Å². The smallest absolute Gasteiger partial charge is 0.378 e. The number of aromatic nitrogens is 2. The molecule has 19 heteroatoms. The number of thiocarbonyl (C=S) groups is 1. The van der Waals surface area contributed by atoms with Gasteiger partial charge in [-0.15, -0.1) is 0 Å². The Hall–Kier alpha value is -5.06. The molecule has 1 atom stereocenters. The van der Waals surface area contributed by atoms with Gasteiger partial charge in [-0.25, -0.2) is 13.6 Å². The molecule has 1 unspecified atom stereocenters. The summed E-state index contributed by atoms with van der Waals surface area (Å²) >= 11 is 5.69. The summed E-state index contributed by atoms with van der Waals surface area (Å²) in [6.07, 6.45) is -2.30. The van der Waals surface area contributed by atoms with Crippen LogP contribution >= 0.6 is 12.2 Å². The van der Waals surface area contributed by atoms with Gasteiger partial charge in [0.1, 0.15) is 5.54 Å². The Morgan fingerprint density at radius 2 is 1.80 bits per heavy atom. The number of amides is 4. The number of rotatable bonds is 11. The highest BCUT2D eigenvalue weighted by Gasteiger charge is 2.53. The van der Waals surface area contributed by atoms with E-state index in [0.29, 0.717) is 54.5 Å². The molecule has 320 valence electrons. The summed E-state index contributed by atoms with van der Waals surface area (Å²) in [5.41, 5.74) is -1.65. The maximum Gasteiger partial charge on any atom is 0.417 e. The minimum absolute atomic E-state index is 0.0158. The summed E-state index contributed by atoms with van der Waals surface area (Å²) < 4.78 is 79.8. The van der Waals surface area contributed by atoms with Gasteiger partial charge in [0.2, 0.25) is 5.91 Å². The van der Waals surface area contributed by atoms with Gasteiger partial charge >= 0.3 is 12.2 Å². The number of urea groups is 1. The van der Waals surface area contributed by atoms with Crippen LogP contribution in [-0.2, 0) is 38.8 Å². The number of carbonyl (C=O) groups is 4. The maximum absolute atomic E-state index is 15.5. The maximum atomic E-state index is 15.5. The number of piperidine rings is 1. The molecule has 2 aromatic carbocycles. The summed E-state index contributed by atoms with van der Waals surface area (Å²) in [6.45, 7) is 3.25. The fraction of sp³-hybridized carbons (Fsp3) is 0.537. The summed E-state index contributed by atoms with van der Waals surface area (Å²) in [7, 11) is 1.69. The van der Waals surface area contributed by atoms with Crippen LogP contribution in [0.3, 0.4) is 0 Å². The van der Waals surface area contributed by atoms with Gasteiger partial charge < -0.3 is 9.64 Å². The first-order valence-corrected chi connectivity index (χ1v) is 20.3. The lowest BCUT2D eigenvalue weighted by Crippen LogP contribution is -2.51. The first-order valence-electron chi connectivity index (χ1n) is 19.9. The quantitative estimate of drug-likeness (QED) is 0.177. The van der Waals surface area contributed by atoms with Crippen molar-refractivity contribution < 1.29 is 45.9 Å². The molecule has 1 saturated carbocycles. The average Bonchev–Trinajstić information content (AvgIpc) is 3.60. The number of alkyl halides is 5. The van der Waals surface area contributed by atoms with E-state index in [1.807, 2.05) is 0 Å². The summed E-state index contributed by atoms with van der Waals surface area (Å²) in [5.74, 6) is -4.69. The van der Waals surface area contributed by atoms with Crippen molar-refractivity contribution in [3.05, 3.63) is 53.1 Å². The van der Waals surface area contributed by atoms with Crippen LogP contribution in [0.15, 0.2) is 36.4 Å². The number of nitrogens with zero attached hydrogens (tertiary/aromatic N) is 7. The Morgan fingerprint density at radius 1 is 1.07 bits per heavy atom. The number of hydrogen-bond donors (Lipinski definition) is 1. The van der Waals surface area contributed by atoms with Crippen molar-refractivity contribution >= 4 is 63.4 Å². The summed E-state index contributed by atoms with van der Waals surface area (Å²) in [5, 5.41) is 16.7. The highest BCUT2D eigenvalue weighted by molar-refractivity contribution is 7.80. The number of anilines is 2. The van der Waals surface area contributed by atoms with Gasteiger partial charge in [-0.1, -0.05) is 12.1 Å². The van der Waals surface area contributed by atoms with Crippen LogP contribution < -0.4 is 15.1 Å². The molecule has 3 saturated heterocycles. The zero-order chi connectivity index (χ0) is 43.3. The van der Waals surface area contributed by atoms with Crippen LogP contribution in [-0.4, -0.2) is 105 Å². The van der Waals surface area contributed by atoms with Crippen LogP contribution in [0.5, 0.6) is 0 Å². The number of likely N-dealkylation sites (tertiary alicyclic amines) is 1. The Kier molecular flexibility index (Phi) is 11.8. The number of aryl methyl sites for hydroxylation is 1. The van der Waals surface area contributed by atoms with E-state index in [9.17, 15) is 37.6 Å². The van der Waals surface area contributed by atoms with E-state index in [4.69, 9.17) is 17.0 Å². The van der Waals surface area contributed by atoms with E-state index >= 15 is 8.78 Å². The fourth-order valence-corrected chi connectivity index (χ4v) is 9.64. The Balaban J connectivity index is 0.885. The van der Waals surface area contributed by atoms with Crippen molar-refractivity contribution in [2.24, 2.45) is 13.0 Å². The predicted molar refractivity (Wildman–Crippen MR) is 213 cm³/mol. The molecule has 1 aromatic heterocycles. The molecule has 3 aliphatic heterocycles. The topological polar surface area (TPSA) is 144 Å². The van der Waals surface area contributed by atoms with E-state index in [0.717, 1.165) is 17.0 Å². The molecule has 0 spiro atoms. The van der Waals surface area contributed by atoms with Gasteiger partial charge in [0.05, 0.1) is 47.6 Å². The Morgan fingerprint density at radius 3 is 2.47 bits per heavy atom. The van der Waals surface area contributed by atoms with Crippen molar-refractivity contribution in [1.29, 1.82) is 5.26 Å². The summed E-state index contributed by atoms with van der Waals surface area (Å²) in [4.78, 5) is 56.7. The third-order valence-electron chi connectivity index (χ3n) is 12.1. The lowest BCUT2D eigenvalue weighted by Gasteiger charge is -2.41. The number of para-hydroxylation sites is 1. The third kappa shape index (κ3) is 8.33. The number of halogens is 5. The predicted octanol–water partition coefficient (Wildman–Crippen LogP) is 6.11. The largest absolute Gasteiger partial charge is 0.417 e. The second-order valence-corrected chi connectivity index (χ2v) is 16.8. The van der Waals surface area contributed by atoms with Gasteiger partial charge in [0.15, 0.2) is 16.7 Å². The Labute approximate surface area is 348 Å². The van der Waals surface area contributed by atoms with E-state index in [1.165, 1.54) is 15.9 Å². The minimum atomic E-state index is -4.81. The van der Waals surface area contributed by atoms with Crippen LogP contribution in [0.25, 0.3) is 10.9 Å². The van der Waals surface area contributed by atoms with Crippen LogP contribution in [0.4, 0.5) is 38.3 Å². The lowest BCUT2D eigenvalue weighted by molar-refractivity contribution is -0.138. The second kappa shape index (κ2) is 16.4.